The van der Waals surface area contributed by atoms with Crippen LogP contribution in [0.1, 0.15) is 23.1 Å². The minimum absolute atomic E-state index is 0.426. The van der Waals surface area contributed by atoms with Crippen molar-refractivity contribution in [3.8, 4) is 0 Å². The van der Waals surface area contributed by atoms with Gasteiger partial charge in [0.15, 0.2) is 0 Å². The molecule has 1 aromatic carbocycles. The van der Waals surface area contributed by atoms with Gasteiger partial charge in [0.05, 0.1) is 0 Å². The SMILES string of the molecule is Cc1ccc(C)c(CN2CCC(N)(C(=O)O)C2)c1. The zero-order chi connectivity index (χ0) is 13.3. The largest absolute Gasteiger partial charge is 0.480 e. The van der Waals surface area contributed by atoms with Crippen LogP contribution in [0.2, 0.25) is 0 Å². The maximum atomic E-state index is 11.1. The molecule has 2 rings (SSSR count). The maximum absolute atomic E-state index is 11.1. The van der Waals surface area contributed by atoms with Crippen LogP contribution in [0.4, 0.5) is 0 Å². The Hall–Kier alpha value is -1.39. The lowest BCUT2D eigenvalue weighted by molar-refractivity contribution is -0.142. The number of carboxylic acid groups (broad SMARTS) is 1. The van der Waals surface area contributed by atoms with E-state index in [-0.39, 0.29) is 0 Å². The van der Waals surface area contributed by atoms with Gasteiger partial charge in [-0.05, 0) is 31.4 Å². The molecule has 0 saturated carbocycles. The van der Waals surface area contributed by atoms with Gasteiger partial charge in [-0.1, -0.05) is 23.8 Å². The molecule has 0 aromatic heterocycles. The number of nitrogens with two attached hydrogens (primary N) is 1. The smallest absolute Gasteiger partial charge is 0.325 e. The number of nitrogens with zero attached hydrogens (tertiary/aromatic N) is 1. The molecule has 4 nitrogen and oxygen atoms in total. The van der Waals surface area contributed by atoms with Crippen LogP contribution in [0.15, 0.2) is 18.2 Å². The molecule has 0 bridgehead atoms. The standard InChI is InChI=1S/C14H20N2O2/c1-10-3-4-11(2)12(7-10)8-16-6-5-14(15,9-16)13(17)18/h3-4,7H,5-6,8-9,15H2,1-2H3,(H,17,18). The van der Waals surface area contributed by atoms with E-state index in [1.807, 2.05) is 0 Å². The Labute approximate surface area is 107 Å². The van der Waals surface area contributed by atoms with Crippen LogP contribution in [-0.2, 0) is 11.3 Å². The zero-order valence-electron chi connectivity index (χ0n) is 10.9. The fourth-order valence-electron chi connectivity index (χ4n) is 2.44. The predicted molar refractivity (Wildman–Crippen MR) is 70.4 cm³/mol. The lowest BCUT2D eigenvalue weighted by Crippen LogP contribution is -2.50. The molecule has 3 N–H and O–H groups in total. The molecule has 4 heteroatoms. The number of carbonyl (C=O) groups is 1. The topological polar surface area (TPSA) is 66.6 Å². The summed E-state index contributed by atoms with van der Waals surface area (Å²) in [6, 6.07) is 6.35. The summed E-state index contributed by atoms with van der Waals surface area (Å²) in [6.07, 6.45) is 0.521. The van der Waals surface area contributed by atoms with Gasteiger partial charge in [0, 0.05) is 19.6 Å². The van der Waals surface area contributed by atoms with Gasteiger partial charge >= 0.3 is 5.97 Å². The number of aliphatic carboxylic acids is 1. The number of carboxylic acids is 1. The molecule has 1 aromatic rings. The molecule has 1 aliphatic heterocycles. The minimum atomic E-state index is -1.07. The normalized spacial score (nSPS) is 24.4. The third-order valence-electron chi connectivity index (χ3n) is 3.70. The van der Waals surface area contributed by atoms with Gasteiger partial charge in [-0.15, -0.1) is 0 Å². The van der Waals surface area contributed by atoms with Crippen LogP contribution < -0.4 is 5.73 Å². The summed E-state index contributed by atoms with van der Waals surface area (Å²) < 4.78 is 0. The highest BCUT2D eigenvalue weighted by Crippen LogP contribution is 2.22. The molecule has 0 aliphatic carbocycles. The van der Waals surface area contributed by atoms with Gasteiger partial charge < -0.3 is 10.8 Å². The van der Waals surface area contributed by atoms with Crippen molar-refractivity contribution in [1.82, 2.24) is 4.90 Å². The van der Waals surface area contributed by atoms with Gasteiger partial charge in [0.1, 0.15) is 5.54 Å². The molecule has 98 valence electrons. The summed E-state index contributed by atoms with van der Waals surface area (Å²) in [5.41, 5.74) is 8.53. The van der Waals surface area contributed by atoms with Crippen LogP contribution in [0, 0.1) is 13.8 Å². The molecule has 1 atom stereocenters. The van der Waals surface area contributed by atoms with Crippen LogP contribution in [-0.4, -0.2) is 34.6 Å². The molecule has 18 heavy (non-hydrogen) atoms. The first-order valence-electron chi connectivity index (χ1n) is 6.21. The second kappa shape index (κ2) is 4.71. The lowest BCUT2D eigenvalue weighted by atomic mass is 10.0. The van der Waals surface area contributed by atoms with Gasteiger partial charge in [-0.2, -0.15) is 0 Å². The molecular formula is C14H20N2O2. The number of hydrogen-bond donors (Lipinski definition) is 2. The van der Waals surface area contributed by atoms with Crippen molar-refractivity contribution in [1.29, 1.82) is 0 Å². The summed E-state index contributed by atoms with van der Waals surface area (Å²) >= 11 is 0. The van der Waals surface area contributed by atoms with Crippen molar-refractivity contribution < 1.29 is 9.90 Å². The average Bonchev–Trinajstić information content (AvgIpc) is 2.67. The molecule has 0 amide bonds. The van der Waals surface area contributed by atoms with Crippen LogP contribution >= 0.6 is 0 Å². The summed E-state index contributed by atoms with van der Waals surface area (Å²) in [7, 11) is 0. The highest BCUT2D eigenvalue weighted by Gasteiger charge is 2.41. The van der Waals surface area contributed by atoms with Crippen LogP contribution in [0.3, 0.4) is 0 Å². The van der Waals surface area contributed by atoms with E-state index >= 15 is 0 Å². The molecule has 0 radical (unpaired) electrons. The first-order chi connectivity index (χ1) is 8.40. The molecule has 1 aliphatic rings. The zero-order valence-corrected chi connectivity index (χ0v) is 10.9. The summed E-state index contributed by atoms with van der Waals surface area (Å²) in [6.45, 7) is 6.10. The first-order valence-corrected chi connectivity index (χ1v) is 6.21. The fourth-order valence-corrected chi connectivity index (χ4v) is 2.44. The molecule has 0 spiro atoms. The average molecular weight is 248 g/mol. The van der Waals surface area contributed by atoms with E-state index in [9.17, 15) is 4.79 Å². The van der Waals surface area contributed by atoms with Crippen molar-refractivity contribution in [3.63, 3.8) is 0 Å². The highest BCUT2D eigenvalue weighted by atomic mass is 16.4. The van der Waals surface area contributed by atoms with E-state index in [1.54, 1.807) is 0 Å². The van der Waals surface area contributed by atoms with Gasteiger partial charge in [-0.3, -0.25) is 9.69 Å². The number of aryl methyl sites for hydroxylation is 2. The second-order valence-electron chi connectivity index (χ2n) is 5.35. The fraction of sp³-hybridized carbons (Fsp3) is 0.500. The van der Waals surface area contributed by atoms with E-state index in [0.717, 1.165) is 13.1 Å². The highest BCUT2D eigenvalue weighted by molar-refractivity contribution is 5.79. The van der Waals surface area contributed by atoms with E-state index in [4.69, 9.17) is 10.8 Å². The van der Waals surface area contributed by atoms with Crippen molar-refractivity contribution in [2.45, 2.75) is 32.4 Å². The van der Waals surface area contributed by atoms with E-state index < -0.39 is 11.5 Å². The van der Waals surface area contributed by atoms with Crippen LogP contribution in [0.25, 0.3) is 0 Å². The maximum Gasteiger partial charge on any atom is 0.325 e. The Morgan fingerprint density at radius 3 is 2.83 bits per heavy atom. The number of rotatable bonds is 3. The summed E-state index contributed by atoms with van der Waals surface area (Å²) in [4.78, 5) is 13.2. The molecular weight excluding hydrogens is 228 g/mol. The Bertz CT molecular complexity index is 473. The Morgan fingerprint density at radius 1 is 1.50 bits per heavy atom. The minimum Gasteiger partial charge on any atom is -0.480 e. The Morgan fingerprint density at radius 2 is 2.22 bits per heavy atom. The van der Waals surface area contributed by atoms with E-state index in [2.05, 4.69) is 36.9 Å². The van der Waals surface area contributed by atoms with Crippen molar-refractivity contribution in [2.24, 2.45) is 5.73 Å². The third kappa shape index (κ3) is 2.54. The van der Waals surface area contributed by atoms with Crippen molar-refractivity contribution in [2.75, 3.05) is 13.1 Å². The van der Waals surface area contributed by atoms with Crippen LogP contribution in [0.5, 0.6) is 0 Å². The predicted octanol–water partition coefficient (Wildman–Crippen LogP) is 1.29. The van der Waals surface area contributed by atoms with Crippen molar-refractivity contribution >= 4 is 5.97 Å². The molecule has 1 fully saturated rings. The lowest BCUT2D eigenvalue weighted by Gasteiger charge is -2.21. The number of benzene rings is 1. The first kappa shape index (κ1) is 13.1. The summed E-state index contributed by atoms with van der Waals surface area (Å²) in [5, 5.41) is 9.10. The Kier molecular flexibility index (Phi) is 3.41. The quantitative estimate of drug-likeness (QED) is 0.846. The van der Waals surface area contributed by atoms with E-state index in [0.29, 0.717) is 13.0 Å². The monoisotopic (exact) mass is 248 g/mol. The van der Waals surface area contributed by atoms with E-state index in [1.165, 1.54) is 16.7 Å². The number of hydrogen-bond acceptors (Lipinski definition) is 3. The summed E-state index contributed by atoms with van der Waals surface area (Å²) in [5.74, 6) is -0.897. The second-order valence-corrected chi connectivity index (χ2v) is 5.35. The van der Waals surface area contributed by atoms with Gasteiger partial charge in [-0.25, -0.2) is 0 Å². The molecule has 1 saturated heterocycles. The van der Waals surface area contributed by atoms with Gasteiger partial charge in [0.2, 0.25) is 0 Å². The number of likely N-dealkylation sites (tertiary alicyclic amines) is 1. The van der Waals surface area contributed by atoms with Gasteiger partial charge in [0.25, 0.3) is 0 Å². The Balaban J connectivity index is 2.08. The van der Waals surface area contributed by atoms with Crippen molar-refractivity contribution in [3.05, 3.63) is 34.9 Å². The molecule has 1 heterocycles. The molecule has 1 unspecified atom stereocenters. The third-order valence-corrected chi connectivity index (χ3v) is 3.70.